The summed E-state index contributed by atoms with van der Waals surface area (Å²) >= 11 is 0. The van der Waals surface area contributed by atoms with Crippen molar-refractivity contribution in [2.45, 2.75) is 0 Å². The first kappa shape index (κ1) is 10.2. The van der Waals surface area contributed by atoms with Gasteiger partial charge in [0.2, 0.25) is 5.91 Å². The van der Waals surface area contributed by atoms with E-state index in [1.165, 1.54) is 0 Å². The third-order valence-electron chi connectivity index (χ3n) is 0.989. The molecule has 0 radical (unpaired) electrons. The predicted octanol–water partition coefficient (Wildman–Crippen LogP) is -1.17. The predicted molar refractivity (Wildman–Crippen MR) is 44.7 cm³/mol. The van der Waals surface area contributed by atoms with E-state index in [-0.39, 0.29) is 18.3 Å². The van der Waals surface area contributed by atoms with E-state index in [4.69, 9.17) is 5.73 Å². The van der Waals surface area contributed by atoms with Crippen LogP contribution >= 0.6 is 0 Å². The van der Waals surface area contributed by atoms with Crippen LogP contribution in [0.5, 0.6) is 0 Å². The normalized spacial score (nSPS) is 8.33. The summed E-state index contributed by atoms with van der Waals surface area (Å²) in [6.07, 6.45) is 1.10. The Kier molecular flexibility index (Phi) is 4.21. The van der Waals surface area contributed by atoms with Gasteiger partial charge in [0.15, 0.2) is 0 Å². The molecule has 0 heterocycles. The molecule has 0 saturated carbocycles. The van der Waals surface area contributed by atoms with Gasteiger partial charge in [-0.2, -0.15) is 0 Å². The van der Waals surface area contributed by atoms with Crippen molar-refractivity contribution in [2.24, 2.45) is 5.73 Å². The zero-order valence-electron chi connectivity index (χ0n) is 6.59. The van der Waals surface area contributed by atoms with Crippen molar-refractivity contribution in [2.75, 3.05) is 6.67 Å². The van der Waals surface area contributed by atoms with Crippen LogP contribution in [0.2, 0.25) is 0 Å². The van der Waals surface area contributed by atoms with Gasteiger partial charge in [-0.1, -0.05) is 13.2 Å². The van der Waals surface area contributed by atoms with Crippen LogP contribution in [0.25, 0.3) is 0 Å². The summed E-state index contributed by atoms with van der Waals surface area (Å²) < 4.78 is 0. The molecule has 0 aromatic rings. The fourth-order valence-corrected chi connectivity index (χ4v) is 0.397. The van der Waals surface area contributed by atoms with E-state index in [2.05, 4.69) is 23.8 Å². The van der Waals surface area contributed by atoms with Crippen molar-refractivity contribution in [3.05, 3.63) is 24.9 Å². The molecular weight excluding hydrogens is 158 g/mol. The second-order valence-corrected chi connectivity index (χ2v) is 1.95. The Balaban J connectivity index is 3.57. The van der Waals surface area contributed by atoms with Gasteiger partial charge >= 0.3 is 0 Å². The third kappa shape index (κ3) is 4.10. The number of amides is 2. The number of carbonyl (C=O) groups excluding carboxylic acids is 2. The van der Waals surface area contributed by atoms with Crippen LogP contribution in [0.1, 0.15) is 0 Å². The standard InChI is InChI=1S/C7H11N3O2/c1-3-6(11)9-4-10-7(12)5(2)8/h3H,1-2,4,8H2,(H,9,11)(H,10,12). The van der Waals surface area contributed by atoms with Crippen molar-refractivity contribution in [3.8, 4) is 0 Å². The first-order valence-electron chi connectivity index (χ1n) is 3.20. The maximum atomic E-state index is 10.7. The molecule has 2 amide bonds. The van der Waals surface area contributed by atoms with Gasteiger partial charge in [-0.15, -0.1) is 0 Å². The van der Waals surface area contributed by atoms with Crippen molar-refractivity contribution in [1.82, 2.24) is 10.6 Å². The average Bonchev–Trinajstić information content (AvgIpc) is 2.03. The Morgan fingerprint density at radius 2 is 2.00 bits per heavy atom. The summed E-state index contributed by atoms with van der Waals surface area (Å²) in [5, 5.41) is 4.64. The summed E-state index contributed by atoms with van der Waals surface area (Å²) in [6.45, 7) is 6.45. The number of carbonyl (C=O) groups is 2. The molecule has 0 atom stereocenters. The van der Waals surface area contributed by atoms with Crippen LogP contribution < -0.4 is 16.4 Å². The summed E-state index contributed by atoms with van der Waals surface area (Å²) in [4.78, 5) is 21.2. The molecule has 0 rings (SSSR count). The monoisotopic (exact) mass is 169 g/mol. The number of nitrogens with two attached hydrogens (primary N) is 1. The van der Waals surface area contributed by atoms with Crippen LogP contribution in [0, 0.1) is 0 Å². The van der Waals surface area contributed by atoms with Crippen LogP contribution in [-0.4, -0.2) is 18.5 Å². The molecular formula is C7H11N3O2. The Hall–Kier alpha value is -1.78. The Labute approximate surface area is 70.3 Å². The second kappa shape index (κ2) is 4.95. The molecule has 0 aliphatic carbocycles. The molecule has 0 bridgehead atoms. The summed E-state index contributed by atoms with van der Waals surface area (Å²) in [7, 11) is 0. The highest BCUT2D eigenvalue weighted by Gasteiger charge is 2.00. The highest BCUT2D eigenvalue weighted by atomic mass is 16.2. The summed E-state index contributed by atoms with van der Waals surface area (Å²) in [5.74, 6) is -0.864. The van der Waals surface area contributed by atoms with E-state index in [1.807, 2.05) is 0 Å². The van der Waals surface area contributed by atoms with Crippen LogP contribution in [0.4, 0.5) is 0 Å². The fraction of sp³-hybridized carbons (Fsp3) is 0.143. The van der Waals surface area contributed by atoms with Crippen molar-refractivity contribution < 1.29 is 9.59 Å². The van der Waals surface area contributed by atoms with Crippen molar-refractivity contribution in [3.63, 3.8) is 0 Å². The largest absolute Gasteiger partial charge is 0.395 e. The quantitative estimate of drug-likeness (QED) is 0.366. The van der Waals surface area contributed by atoms with E-state index in [0.29, 0.717) is 0 Å². The van der Waals surface area contributed by atoms with Gasteiger partial charge in [0.1, 0.15) is 0 Å². The highest BCUT2D eigenvalue weighted by molar-refractivity contribution is 5.92. The minimum atomic E-state index is -0.501. The van der Waals surface area contributed by atoms with Crippen molar-refractivity contribution >= 4 is 11.8 Å². The van der Waals surface area contributed by atoms with Gasteiger partial charge in [0.25, 0.3) is 5.91 Å². The first-order chi connectivity index (χ1) is 5.57. The van der Waals surface area contributed by atoms with Crippen molar-refractivity contribution in [1.29, 1.82) is 0 Å². The smallest absolute Gasteiger partial charge is 0.267 e. The first-order valence-corrected chi connectivity index (χ1v) is 3.20. The number of hydrogen-bond acceptors (Lipinski definition) is 3. The molecule has 0 unspecified atom stereocenters. The van der Waals surface area contributed by atoms with Gasteiger partial charge < -0.3 is 16.4 Å². The number of nitrogens with one attached hydrogen (secondary N) is 2. The average molecular weight is 169 g/mol. The lowest BCUT2D eigenvalue weighted by Crippen LogP contribution is -2.38. The van der Waals surface area contributed by atoms with Gasteiger partial charge in [-0.05, 0) is 6.08 Å². The maximum Gasteiger partial charge on any atom is 0.267 e. The minimum Gasteiger partial charge on any atom is -0.395 e. The lowest BCUT2D eigenvalue weighted by molar-refractivity contribution is -0.118. The molecule has 0 spiro atoms. The third-order valence-corrected chi connectivity index (χ3v) is 0.989. The molecule has 5 nitrogen and oxygen atoms in total. The topological polar surface area (TPSA) is 84.2 Å². The lowest BCUT2D eigenvalue weighted by atomic mass is 10.5. The van der Waals surface area contributed by atoms with E-state index in [0.717, 1.165) is 6.08 Å². The number of hydrogen-bond donors (Lipinski definition) is 3. The highest BCUT2D eigenvalue weighted by Crippen LogP contribution is 1.73. The fourth-order valence-electron chi connectivity index (χ4n) is 0.397. The number of rotatable bonds is 4. The van der Waals surface area contributed by atoms with E-state index >= 15 is 0 Å². The molecule has 12 heavy (non-hydrogen) atoms. The molecule has 0 aliphatic heterocycles. The molecule has 4 N–H and O–H groups in total. The van der Waals surface area contributed by atoms with Gasteiger partial charge in [0.05, 0.1) is 12.4 Å². The van der Waals surface area contributed by atoms with Gasteiger partial charge in [-0.25, -0.2) is 0 Å². The zero-order valence-corrected chi connectivity index (χ0v) is 6.59. The molecule has 66 valence electrons. The Morgan fingerprint density at radius 1 is 1.42 bits per heavy atom. The summed E-state index contributed by atoms with van der Waals surface area (Å²) in [5.41, 5.74) is 4.95. The van der Waals surface area contributed by atoms with E-state index < -0.39 is 5.91 Å². The zero-order chi connectivity index (χ0) is 9.56. The molecule has 0 aliphatic rings. The maximum absolute atomic E-state index is 10.7. The molecule has 0 fully saturated rings. The molecule has 0 aromatic heterocycles. The molecule has 5 heteroatoms. The minimum absolute atomic E-state index is 0.0138. The van der Waals surface area contributed by atoms with E-state index in [9.17, 15) is 9.59 Å². The molecule has 0 saturated heterocycles. The van der Waals surface area contributed by atoms with Crippen LogP contribution in [0.15, 0.2) is 24.9 Å². The lowest BCUT2D eigenvalue weighted by Gasteiger charge is -2.03. The Bertz CT molecular complexity index is 223. The molecule has 0 aromatic carbocycles. The van der Waals surface area contributed by atoms with Crippen LogP contribution in [-0.2, 0) is 9.59 Å². The second-order valence-electron chi connectivity index (χ2n) is 1.95. The van der Waals surface area contributed by atoms with E-state index in [1.54, 1.807) is 0 Å². The van der Waals surface area contributed by atoms with Crippen LogP contribution in [0.3, 0.4) is 0 Å². The summed E-state index contributed by atoms with van der Waals surface area (Å²) in [6, 6.07) is 0. The Morgan fingerprint density at radius 3 is 2.42 bits per heavy atom. The van der Waals surface area contributed by atoms with Gasteiger partial charge in [0, 0.05) is 0 Å². The van der Waals surface area contributed by atoms with Gasteiger partial charge in [-0.3, -0.25) is 9.59 Å². The SMILES string of the molecule is C=CC(=O)NCNC(=O)C(=C)N.